The molecule has 146 valence electrons. The number of hydrogen-bond acceptors (Lipinski definition) is 4. The Balaban J connectivity index is 1.86. The third-order valence-corrected chi connectivity index (χ3v) is 3.78. The molecule has 28 heavy (non-hydrogen) atoms. The monoisotopic (exact) mass is 402 g/mol. The third-order valence-electron chi connectivity index (χ3n) is 3.57. The number of nitrogens with one attached hydrogen (secondary N) is 4. The summed E-state index contributed by atoms with van der Waals surface area (Å²) in [5, 5.41) is 4.79. The predicted molar refractivity (Wildman–Crippen MR) is 107 cm³/mol. The van der Waals surface area contributed by atoms with E-state index in [-0.39, 0.29) is 22.5 Å². The molecule has 2 rings (SSSR count). The molecule has 0 bridgehead atoms. The second-order valence-electron chi connectivity index (χ2n) is 6.06. The number of halogens is 1. The number of rotatable bonds is 4. The molecule has 0 spiro atoms. The Morgan fingerprint density at radius 3 is 2.18 bits per heavy atom. The predicted octanol–water partition coefficient (Wildman–Crippen LogP) is 2.37. The first-order valence-electron chi connectivity index (χ1n) is 8.35. The zero-order valence-corrected chi connectivity index (χ0v) is 16.0. The highest BCUT2D eigenvalue weighted by Gasteiger charge is 2.13. The maximum absolute atomic E-state index is 13.6. The fraction of sp³-hybridized carbons (Fsp3) is 0.158. The summed E-state index contributed by atoms with van der Waals surface area (Å²) in [5.41, 5.74) is 5.39. The van der Waals surface area contributed by atoms with Crippen molar-refractivity contribution < 1.29 is 18.8 Å². The quantitative estimate of drug-likeness (QED) is 0.465. The van der Waals surface area contributed by atoms with Crippen LogP contribution in [-0.4, -0.2) is 22.8 Å². The average Bonchev–Trinajstić information content (AvgIpc) is 2.66. The molecule has 0 radical (unpaired) electrons. The molecular formula is C19H19FN4O3S. The number of hydrogen-bond donors (Lipinski definition) is 4. The topological polar surface area (TPSA) is 99.3 Å². The summed E-state index contributed by atoms with van der Waals surface area (Å²) in [4.78, 5) is 35.7. The first kappa shape index (κ1) is 21.0. The number of anilines is 1. The maximum atomic E-state index is 13.6. The fourth-order valence-electron chi connectivity index (χ4n) is 2.02. The molecule has 0 aromatic heterocycles. The molecule has 2 aromatic rings. The maximum Gasteiger partial charge on any atom is 0.269 e. The molecule has 0 unspecified atom stereocenters. The Morgan fingerprint density at radius 1 is 0.929 bits per heavy atom. The van der Waals surface area contributed by atoms with Crippen LogP contribution in [-0.2, 0) is 4.79 Å². The van der Waals surface area contributed by atoms with E-state index in [1.54, 1.807) is 26.0 Å². The first-order valence-corrected chi connectivity index (χ1v) is 8.76. The van der Waals surface area contributed by atoms with E-state index in [0.717, 1.165) is 6.07 Å². The van der Waals surface area contributed by atoms with Crippen LogP contribution in [0.2, 0.25) is 0 Å². The standard InChI is InChI=1S/C19H19FN4O3S/c1-11(2)16(25)21-13-9-7-12(8-10-13)17(26)23-24-19(28)22-18(27)14-5-3-4-6-15(14)20/h3-11H,1-2H3,(H,21,25)(H,23,26)(H2,22,24,27,28). The van der Waals surface area contributed by atoms with Gasteiger partial charge in [-0.15, -0.1) is 0 Å². The second-order valence-corrected chi connectivity index (χ2v) is 6.47. The fourth-order valence-corrected chi connectivity index (χ4v) is 2.17. The van der Waals surface area contributed by atoms with Gasteiger partial charge in [0.25, 0.3) is 11.8 Å². The van der Waals surface area contributed by atoms with E-state index in [2.05, 4.69) is 21.5 Å². The van der Waals surface area contributed by atoms with Crippen LogP contribution in [0.25, 0.3) is 0 Å². The van der Waals surface area contributed by atoms with Gasteiger partial charge in [-0.05, 0) is 48.6 Å². The van der Waals surface area contributed by atoms with Crippen LogP contribution in [0, 0.1) is 11.7 Å². The lowest BCUT2D eigenvalue weighted by molar-refractivity contribution is -0.118. The van der Waals surface area contributed by atoms with Gasteiger partial charge in [-0.2, -0.15) is 0 Å². The minimum Gasteiger partial charge on any atom is -0.326 e. The van der Waals surface area contributed by atoms with Crippen LogP contribution in [0.1, 0.15) is 34.6 Å². The SMILES string of the molecule is CC(C)C(=O)Nc1ccc(C(=O)NNC(=S)NC(=O)c2ccccc2F)cc1. The van der Waals surface area contributed by atoms with Crippen molar-refractivity contribution in [2.24, 2.45) is 5.92 Å². The van der Waals surface area contributed by atoms with Crippen molar-refractivity contribution in [2.45, 2.75) is 13.8 Å². The van der Waals surface area contributed by atoms with E-state index in [1.165, 1.54) is 30.3 Å². The van der Waals surface area contributed by atoms with Crippen molar-refractivity contribution >= 4 is 40.7 Å². The lowest BCUT2D eigenvalue weighted by atomic mass is 10.1. The number of benzene rings is 2. The number of hydrazine groups is 1. The molecule has 7 nitrogen and oxygen atoms in total. The van der Waals surface area contributed by atoms with Crippen molar-refractivity contribution in [1.82, 2.24) is 16.2 Å². The first-order chi connectivity index (χ1) is 13.3. The van der Waals surface area contributed by atoms with Gasteiger partial charge in [0.15, 0.2) is 5.11 Å². The summed E-state index contributed by atoms with van der Waals surface area (Å²) >= 11 is 4.91. The summed E-state index contributed by atoms with van der Waals surface area (Å²) in [6, 6.07) is 11.7. The lowest BCUT2D eigenvalue weighted by Crippen LogP contribution is -2.48. The summed E-state index contributed by atoms with van der Waals surface area (Å²) in [6.45, 7) is 3.55. The molecule has 0 aliphatic carbocycles. The average molecular weight is 402 g/mol. The molecule has 0 saturated carbocycles. The highest BCUT2D eigenvalue weighted by atomic mass is 32.1. The molecule has 0 aliphatic rings. The Labute approximate surface area is 166 Å². The number of thiocarbonyl (C=S) groups is 1. The zero-order chi connectivity index (χ0) is 20.7. The van der Waals surface area contributed by atoms with Crippen LogP contribution in [0.5, 0.6) is 0 Å². The summed E-state index contributed by atoms with van der Waals surface area (Å²) in [6.07, 6.45) is 0. The van der Waals surface area contributed by atoms with Gasteiger partial charge in [0, 0.05) is 17.2 Å². The van der Waals surface area contributed by atoms with Crippen molar-refractivity contribution in [3.8, 4) is 0 Å². The van der Waals surface area contributed by atoms with Crippen LogP contribution in [0.4, 0.5) is 10.1 Å². The minimum absolute atomic E-state index is 0.130. The third kappa shape index (κ3) is 5.85. The van der Waals surface area contributed by atoms with Gasteiger partial charge in [-0.25, -0.2) is 4.39 Å². The van der Waals surface area contributed by atoms with E-state index >= 15 is 0 Å². The summed E-state index contributed by atoms with van der Waals surface area (Å²) in [7, 11) is 0. The van der Waals surface area contributed by atoms with Gasteiger partial charge < -0.3 is 5.32 Å². The normalized spacial score (nSPS) is 10.1. The van der Waals surface area contributed by atoms with Crippen LogP contribution < -0.4 is 21.5 Å². The van der Waals surface area contributed by atoms with E-state index in [0.29, 0.717) is 11.3 Å². The second kappa shape index (κ2) is 9.56. The van der Waals surface area contributed by atoms with E-state index in [4.69, 9.17) is 12.2 Å². The van der Waals surface area contributed by atoms with Gasteiger partial charge in [0.05, 0.1) is 5.56 Å². The van der Waals surface area contributed by atoms with Gasteiger partial charge in [0.1, 0.15) is 5.82 Å². The zero-order valence-electron chi connectivity index (χ0n) is 15.2. The number of carbonyl (C=O) groups excluding carboxylic acids is 3. The molecule has 3 amide bonds. The Morgan fingerprint density at radius 2 is 1.57 bits per heavy atom. The molecule has 0 atom stereocenters. The van der Waals surface area contributed by atoms with Gasteiger partial charge >= 0.3 is 0 Å². The van der Waals surface area contributed by atoms with Gasteiger partial charge in [-0.1, -0.05) is 26.0 Å². The Bertz CT molecular complexity index is 900. The minimum atomic E-state index is -0.741. The number of amides is 3. The van der Waals surface area contributed by atoms with Gasteiger partial charge in [-0.3, -0.25) is 30.6 Å². The van der Waals surface area contributed by atoms with Gasteiger partial charge in [0.2, 0.25) is 5.91 Å². The Hall–Kier alpha value is -3.33. The number of carbonyl (C=O) groups is 3. The molecular weight excluding hydrogens is 383 g/mol. The lowest BCUT2D eigenvalue weighted by Gasteiger charge is -2.12. The molecule has 4 N–H and O–H groups in total. The van der Waals surface area contributed by atoms with E-state index in [9.17, 15) is 18.8 Å². The van der Waals surface area contributed by atoms with Crippen molar-refractivity contribution in [3.05, 3.63) is 65.5 Å². The van der Waals surface area contributed by atoms with Crippen molar-refractivity contribution in [1.29, 1.82) is 0 Å². The highest BCUT2D eigenvalue weighted by Crippen LogP contribution is 2.11. The van der Waals surface area contributed by atoms with Crippen LogP contribution in [0.15, 0.2) is 48.5 Å². The van der Waals surface area contributed by atoms with E-state index < -0.39 is 17.6 Å². The highest BCUT2D eigenvalue weighted by molar-refractivity contribution is 7.80. The summed E-state index contributed by atoms with van der Waals surface area (Å²) in [5.74, 6) is -2.22. The largest absolute Gasteiger partial charge is 0.326 e. The smallest absolute Gasteiger partial charge is 0.269 e. The van der Waals surface area contributed by atoms with Crippen LogP contribution >= 0.6 is 12.2 Å². The van der Waals surface area contributed by atoms with Crippen molar-refractivity contribution in [3.63, 3.8) is 0 Å². The molecule has 9 heteroatoms. The molecule has 0 fully saturated rings. The molecule has 0 saturated heterocycles. The molecule has 0 heterocycles. The van der Waals surface area contributed by atoms with Crippen molar-refractivity contribution in [2.75, 3.05) is 5.32 Å². The molecule has 0 aliphatic heterocycles. The summed E-state index contributed by atoms with van der Waals surface area (Å²) < 4.78 is 13.6. The van der Waals surface area contributed by atoms with Crippen LogP contribution in [0.3, 0.4) is 0 Å². The Kier molecular flexibility index (Phi) is 7.16. The van der Waals surface area contributed by atoms with E-state index in [1.807, 2.05) is 0 Å². The molecule has 2 aromatic carbocycles.